The smallest absolute Gasteiger partial charge is 0.157 e. The summed E-state index contributed by atoms with van der Waals surface area (Å²) in [6, 6.07) is 24.0. The number of hydrazone groups is 1. The molecule has 4 nitrogen and oxygen atoms in total. The summed E-state index contributed by atoms with van der Waals surface area (Å²) in [6.07, 6.45) is 18.7. The predicted octanol–water partition coefficient (Wildman–Crippen LogP) is 9.12. The molecular formula is C36H29N3O. The van der Waals surface area contributed by atoms with Crippen molar-refractivity contribution in [2.75, 3.05) is 4.90 Å². The molecule has 8 rings (SSSR count). The molecule has 4 heteroatoms. The van der Waals surface area contributed by atoms with Gasteiger partial charge in [0.05, 0.1) is 23.3 Å². The topological polar surface area (TPSA) is 32.0 Å². The quantitative estimate of drug-likeness (QED) is 0.265. The molecule has 0 atom stereocenters. The molecule has 0 unspecified atom stereocenters. The highest BCUT2D eigenvalue weighted by molar-refractivity contribution is 6.10. The van der Waals surface area contributed by atoms with Crippen LogP contribution >= 0.6 is 0 Å². The van der Waals surface area contributed by atoms with Crippen molar-refractivity contribution < 1.29 is 4.42 Å². The third-order valence-electron chi connectivity index (χ3n) is 8.55. The first-order valence-corrected chi connectivity index (χ1v) is 13.9. The number of fused-ring (bicyclic) bond motifs is 7. The lowest BCUT2D eigenvalue weighted by Gasteiger charge is -2.35. The van der Waals surface area contributed by atoms with Gasteiger partial charge in [0, 0.05) is 22.9 Å². The Morgan fingerprint density at radius 2 is 1.80 bits per heavy atom. The molecule has 1 aromatic heterocycles. The first-order chi connectivity index (χ1) is 19.6. The molecular weight excluding hydrogens is 490 g/mol. The van der Waals surface area contributed by atoms with Crippen LogP contribution in [0.2, 0.25) is 0 Å². The van der Waals surface area contributed by atoms with Crippen LogP contribution in [0.25, 0.3) is 22.1 Å². The molecule has 0 amide bonds. The zero-order valence-corrected chi connectivity index (χ0v) is 22.6. The van der Waals surface area contributed by atoms with Crippen LogP contribution in [-0.2, 0) is 5.41 Å². The summed E-state index contributed by atoms with van der Waals surface area (Å²) < 4.78 is 6.07. The van der Waals surface area contributed by atoms with Crippen molar-refractivity contribution in [2.45, 2.75) is 32.1 Å². The van der Waals surface area contributed by atoms with Gasteiger partial charge in [-0.2, -0.15) is 5.10 Å². The van der Waals surface area contributed by atoms with Crippen LogP contribution in [0.1, 0.15) is 37.8 Å². The van der Waals surface area contributed by atoms with Gasteiger partial charge in [0.1, 0.15) is 5.84 Å². The van der Waals surface area contributed by atoms with E-state index in [4.69, 9.17) is 9.52 Å². The second-order valence-corrected chi connectivity index (χ2v) is 11.2. The number of benzene rings is 3. The molecule has 4 aromatic rings. The van der Waals surface area contributed by atoms with E-state index in [0.29, 0.717) is 6.42 Å². The molecule has 0 radical (unpaired) electrons. The fourth-order valence-electron chi connectivity index (χ4n) is 6.55. The van der Waals surface area contributed by atoms with E-state index in [1.807, 2.05) is 6.07 Å². The zero-order valence-electron chi connectivity index (χ0n) is 22.6. The van der Waals surface area contributed by atoms with Crippen molar-refractivity contribution in [3.63, 3.8) is 0 Å². The summed E-state index contributed by atoms with van der Waals surface area (Å²) in [5, 5.41) is 8.49. The highest BCUT2D eigenvalue weighted by Crippen LogP contribution is 2.50. The lowest BCUT2D eigenvalue weighted by molar-refractivity contribution is 0.461. The van der Waals surface area contributed by atoms with Gasteiger partial charge in [-0.25, -0.2) is 5.01 Å². The summed E-state index contributed by atoms with van der Waals surface area (Å²) in [4.78, 5) is 2.28. The summed E-state index contributed by atoms with van der Waals surface area (Å²) in [6.45, 7) is 4.64. The number of furan rings is 1. The molecule has 2 aliphatic heterocycles. The third kappa shape index (κ3) is 3.35. The summed E-state index contributed by atoms with van der Waals surface area (Å²) >= 11 is 0. The van der Waals surface area contributed by atoms with E-state index >= 15 is 0 Å². The molecule has 0 bridgehead atoms. The van der Waals surface area contributed by atoms with E-state index in [1.54, 1.807) is 6.26 Å². The molecule has 40 heavy (non-hydrogen) atoms. The Bertz CT molecular complexity index is 1890. The summed E-state index contributed by atoms with van der Waals surface area (Å²) in [5.74, 6) is 0.950. The van der Waals surface area contributed by atoms with Crippen LogP contribution in [0.15, 0.2) is 142 Å². The number of allylic oxidation sites excluding steroid dienone is 6. The van der Waals surface area contributed by atoms with Gasteiger partial charge in [0.15, 0.2) is 5.58 Å². The molecule has 3 heterocycles. The van der Waals surface area contributed by atoms with Crippen LogP contribution in [0, 0.1) is 0 Å². The average Bonchev–Trinajstić information content (AvgIpc) is 3.45. The number of amidine groups is 1. The van der Waals surface area contributed by atoms with Gasteiger partial charge in [-0.05, 0) is 64.6 Å². The van der Waals surface area contributed by atoms with Crippen LogP contribution in [0.3, 0.4) is 0 Å². The fraction of sp³-hybridized carbons (Fsp3) is 0.139. The first kappa shape index (κ1) is 23.1. The van der Waals surface area contributed by atoms with Gasteiger partial charge in [-0.15, -0.1) is 0 Å². The highest BCUT2D eigenvalue weighted by atomic mass is 16.3. The van der Waals surface area contributed by atoms with Crippen LogP contribution in [0.5, 0.6) is 0 Å². The molecule has 3 aromatic carbocycles. The van der Waals surface area contributed by atoms with E-state index in [2.05, 4.69) is 127 Å². The molecule has 0 saturated heterocycles. The lowest BCUT2D eigenvalue weighted by Crippen LogP contribution is -2.33. The average molecular weight is 520 g/mol. The molecule has 0 saturated carbocycles. The number of hydrogen-bond acceptors (Lipinski definition) is 4. The Morgan fingerprint density at radius 3 is 2.75 bits per heavy atom. The number of hydrogen-bond donors (Lipinski definition) is 0. The molecule has 2 aliphatic carbocycles. The first-order valence-electron chi connectivity index (χ1n) is 13.9. The maximum absolute atomic E-state index is 6.07. The van der Waals surface area contributed by atoms with Crippen molar-refractivity contribution in [1.82, 2.24) is 5.01 Å². The molecule has 0 N–H and O–H groups in total. The van der Waals surface area contributed by atoms with Crippen molar-refractivity contribution in [2.24, 2.45) is 5.10 Å². The van der Waals surface area contributed by atoms with E-state index in [0.717, 1.165) is 46.0 Å². The minimum atomic E-state index is -0.0425. The number of para-hydroxylation sites is 1. The zero-order chi connectivity index (χ0) is 26.8. The number of anilines is 2. The summed E-state index contributed by atoms with van der Waals surface area (Å²) in [5.41, 5.74) is 11.6. The van der Waals surface area contributed by atoms with Gasteiger partial charge >= 0.3 is 0 Å². The Hall–Kier alpha value is -4.83. The van der Waals surface area contributed by atoms with Crippen molar-refractivity contribution in [1.29, 1.82) is 0 Å². The minimum absolute atomic E-state index is 0.0425. The largest absolute Gasteiger partial charge is 0.462 e. The highest BCUT2D eigenvalue weighted by Gasteiger charge is 2.36. The Morgan fingerprint density at radius 1 is 0.900 bits per heavy atom. The lowest BCUT2D eigenvalue weighted by atomic mass is 9.82. The maximum atomic E-state index is 6.07. The van der Waals surface area contributed by atoms with Crippen molar-refractivity contribution in [3.05, 3.63) is 144 Å². The number of rotatable bonds is 2. The molecule has 0 spiro atoms. The van der Waals surface area contributed by atoms with E-state index in [9.17, 15) is 0 Å². The second kappa shape index (κ2) is 8.59. The van der Waals surface area contributed by atoms with Gasteiger partial charge in [0.25, 0.3) is 0 Å². The normalized spacial score (nSPS) is 18.1. The van der Waals surface area contributed by atoms with Gasteiger partial charge < -0.3 is 4.42 Å². The van der Waals surface area contributed by atoms with E-state index in [-0.39, 0.29) is 5.41 Å². The van der Waals surface area contributed by atoms with Gasteiger partial charge in [0.2, 0.25) is 0 Å². The van der Waals surface area contributed by atoms with E-state index < -0.39 is 0 Å². The molecule has 4 aliphatic rings. The van der Waals surface area contributed by atoms with Crippen molar-refractivity contribution >= 4 is 28.2 Å². The Labute approximate surface area is 234 Å². The number of nitrogens with zero attached hydrogens (tertiary/aromatic N) is 3. The van der Waals surface area contributed by atoms with E-state index in [1.165, 1.54) is 27.8 Å². The Balaban J connectivity index is 1.32. The second-order valence-electron chi connectivity index (χ2n) is 11.2. The molecule has 0 fully saturated rings. The maximum Gasteiger partial charge on any atom is 0.157 e. The molecule has 194 valence electrons. The van der Waals surface area contributed by atoms with Crippen LogP contribution in [-0.4, -0.2) is 10.8 Å². The van der Waals surface area contributed by atoms with Gasteiger partial charge in [-0.1, -0.05) is 92.8 Å². The predicted molar refractivity (Wildman–Crippen MR) is 163 cm³/mol. The Kier molecular flexibility index (Phi) is 4.96. The summed E-state index contributed by atoms with van der Waals surface area (Å²) in [7, 11) is 0. The third-order valence-corrected chi connectivity index (χ3v) is 8.55. The van der Waals surface area contributed by atoms with Crippen molar-refractivity contribution in [3.8, 4) is 11.1 Å². The standard InChI is InChI=1S/C36H29N3O/c1-36(2)30-12-7-6-11-28(30)29-23-27(17-19-31(29)36)38(33-14-8-10-25-21-22-40-35(25)33)34-20-18-26-16-15-24-9-4-3-5-13-32(24)39(26)37-34/h3-4,6-19,21-23H,5,20H2,1-2H3. The van der Waals surface area contributed by atoms with Gasteiger partial charge in [-0.3, -0.25) is 4.90 Å². The minimum Gasteiger partial charge on any atom is -0.462 e. The SMILES string of the molecule is CC1(C)c2ccccc2-c2cc(N(C3=NN4C(=CC3)C=CC3=CC=CCC=C34)c3cccc4ccoc34)ccc21. The fourth-order valence-corrected chi connectivity index (χ4v) is 6.55. The monoisotopic (exact) mass is 519 g/mol. The van der Waals surface area contributed by atoms with Crippen LogP contribution < -0.4 is 4.90 Å². The van der Waals surface area contributed by atoms with Crippen LogP contribution in [0.4, 0.5) is 11.4 Å².